The van der Waals surface area contributed by atoms with E-state index in [0.29, 0.717) is 12.1 Å². The molecule has 0 saturated carbocycles. The van der Waals surface area contributed by atoms with Crippen molar-refractivity contribution in [3.8, 4) is 0 Å². The van der Waals surface area contributed by atoms with Gasteiger partial charge < -0.3 is 10.2 Å². The summed E-state index contributed by atoms with van der Waals surface area (Å²) in [7, 11) is 6.40. The van der Waals surface area contributed by atoms with Crippen LogP contribution < -0.4 is 5.32 Å². The maximum Gasteiger partial charge on any atom is 0.0644 e. The Hall–Kier alpha value is -0.870. The highest BCUT2D eigenvalue weighted by Crippen LogP contribution is 2.22. The van der Waals surface area contributed by atoms with Crippen molar-refractivity contribution in [3.63, 3.8) is 0 Å². The average molecular weight is 294 g/mol. The lowest BCUT2D eigenvalue weighted by atomic mass is 9.93. The first-order valence-electron chi connectivity index (χ1n) is 8.23. The Bertz CT molecular complexity index is 432. The monoisotopic (exact) mass is 294 g/mol. The van der Waals surface area contributed by atoms with E-state index in [0.717, 1.165) is 18.2 Å². The number of aryl methyl sites for hydroxylation is 2. The molecule has 0 aromatic carbocycles. The fraction of sp³-hybridized carbons (Fsp3) is 0.824. The number of nitrogens with one attached hydrogen (secondary N) is 1. The van der Waals surface area contributed by atoms with Crippen LogP contribution in [0.5, 0.6) is 0 Å². The molecule has 4 nitrogen and oxygen atoms in total. The van der Waals surface area contributed by atoms with Crippen molar-refractivity contribution in [1.82, 2.24) is 20.0 Å². The van der Waals surface area contributed by atoms with E-state index < -0.39 is 0 Å². The Morgan fingerprint density at radius 2 is 1.76 bits per heavy atom. The fourth-order valence-electron chi connectivity index (χ4n) is 3.42. The Morgan fingerprint density at radius 3 is 2.14 bits per heavy atom. The molecule has 2 atom stereocenters. The van der Waals surface area contributed by atoms with Gasteiger partial charge in [0.25, 0.3) is 0 Å². The first kappa shape index (κ1) is 18.2. The van der Waals surface area contributed by atoms with Gasteiger partial charge in [-0.3, -0.25) is 4.68 Å². The second-order valence-corrected chi connectivity index (χ2v) is 6.45. The van der Waals surface area contributed by atoms with Crippen LogP contribution in [0, 0.1) is 19.8 Å². The van der Waals surface area contributed by atoms with Crippen LogP contribution in [0.25, 0.3) is 0 Å². The van der Waals surface area contributed by atoms with Gasteiger partial charge in [0.15, 0.2) is 0 Å². The minimum Gasteiger partial charge on any atom is -0.308 e. The van der Waals surface area contributed by atoms with Crippen molar-refractivity contribution in [3.05, 3.63) is 17.0 Å². The molecule has 0 spiro atoms. The molecule has 0 aliphatic carbocycles. The van der Waals surface area contributed by atoms with Gasteiger partial charge in [0, 0.05) is 36.9 Å². The molecule has 2 unspecified atom stereocenters. The molecule has 0 saturated heterocycles. The second kappa shape index (κ2) is 7.95. The normalized spacial score (nSPS) is 15.0. The van der Waals surface area contributed by atoms with E-state index >= 15 is 0 Å². The molecule has 1 aromatic heterocycles. The largest absolute Gasteiger partial charge is 0.308 e. The van der Waals surface area contributed by atoms with Gasteiger partial charge in [0.2, 0.25) is 0 Å². The summed E-state index contributed by atoms with van der Waals surface area (Å²) in [5, 5.41) is 8.26. The first-order chi connectivity index (χ1) is 9.83. The van der Waals surface area contributed by atoms with Crippen LogP contribution in [0.15, 0.2) is 0 Å². The molecule has 0 bridgehead atoms. The van der Waals surface area contributed by atoms with Gasteiger partial charge in [-0.25, -0.2) is 0 Å². The van der Waals surface area contributed by atoms with E-state index in [1.165, 1.54) is 24.1 Å². The molecule has 21 heavy (non-hydrogen) atoms. The summed E-state index contributed by atoms with van der Waals surface area (Å²) in [4.78, 5) is 2.36. The minimum absolute atomic E-state index is 0.343. The first-order valence-corrected chi connectivity index (χ1v) is 8.23. The smallest absolute Gasteiger partial charge is 0.0644 e. The summed E-state index contributed by atoms with van der Waals surface area (Å²) >= 11 is 0. The van der Waals surface area contributed by atoms with Gasteiger partial charge in [-0.1, -0.05) is 26.7 Å². The number of likely N-dealkylation sites (N-methyl/N-ethyl adjacent to an activating group) is 1. The fourth-order valence-corrected chi connectivity index (χ4v) is 3.42. The number of hydrogen-bond donors (Lipinski definition) is 1. The SMILES string of the molecule is CCC(CC)C(CNC(C)c1c(C)nn(C)c1C)N(C)C. The Kier molecular flexibility index (Phi) is 6.88. The quantitative estimate of drug-likeness (QED) is 0.800. The van der Waals surface area contributed by atoms with Crippen LogP contribution in [-0.2, 0) is 7.05 Å². The van der Waals surface area contributed by atoms with Crippen LogP contribution >= 0.6 is 0 Å². The third-order valence-electron chi connectivity index (χ3n) is 4.89. The zero-order valence-corrected chi connectivity index (χ0v) is 15.2. The lowest BCUT2D eigenvalue weighted by molar-refractivity contribution is 0.190. The topological polar surface area (TPSA) is 33.1 Å². The lowest BCUT2D eigenvalue weighted by Gasteiger charge is -2.32. The zero-order chi connectivity index (χ0) is 16.2. The van der Waals surface area contributed by atoms with Crippen molar-refractivity contribution in [2.75, 3.05) is 20.6 Å². The molecule has 0 fully saturated rings. The molecule has 0 aliphatic heterocycles. The third kappa shape index (κ3) is 4.30. The lowest BCUT2D eigenvalue weighted by Crippen LogP contribution is -2.43. The molecule has 122 valence electrons. The molecule has 1 heterocycles. The van der Waals surface area contributed by atoms with E-state index in [-0.39, 0.29) is 0 Å². The van der Waals surface area contributed by atoms with E-state index in [2.05, 4.69) is 64.0 Å². The highest BCUT2D eigenvalue weighted by molar-refractivity contribution is 5.27. The minimum atomic E-state index is 0.343. The van der Waals surface area contributed by atoms with Crippen LogP contribution in [0.3, 0.4) is 0 Å². The van der Waals surface area contributed by atoms with Crippen LogP contribution in [-0.4, -0.2) is 41.4 Å². The van der Waals surface area contributed by atoms with Gasteiger partial charge in [-0.15, -0.1) is 0 Å². The number of nitrogens with zero attached hydrogens (tertiary/aromatic N) is 3. The standard InChI is InChI=1S/C17H34N4/c1-9-15(10-2)16(20(6)7)11-18-12(3)17-13(4)19-21(8)14(17)5/h12,15-16,18H,9-11H2,1-8H3. The second-order valence-electron chi connectivity index (χ2n) is 6.45. The summed E-state index contributed by atoms with van der Waals surface area (Å²) in [6.45, 7) is 12.1. The third-order valence-corrected chi connectivity index (χ3v) is 4.89. The number of rotatable bonds is 8. The van der Waals surface area contributed by atoms with Gasteiger partial charge >= 0.3 is 0 Å². The molecule has 1 aromatic rings. The van der Waals surface area contributed by atoms with Crippen molar-refractivity contribution in [2.45, 2.75) is 59.5 Å². The summed E-state index contributed by atoms with van der Waals surface area (Å²) < 4.78 is 1.98. The maximum atomic E-state index is 4.53. The van der Waals surface area contributed by atoms with Gasteiger partial charge in [-0.2, -0.15) is 5.10 Å². The van der Waals surface area contributed by atoms with Gasteiger partial charge in [-0.05, 0) is 40.8 Å². The molecule has 1 N–H and O–H groups in total. The summed E-state index contributed by atoms with van der Waals surface area (Å²) in [5.41, 5.74) is 3.75. The van der Waals surface area contributed by atoms with Crippen LogP contribution in [0.2, 0.25) is 0 Å². The Balaban J connectivity index is 2.75. The van der Waals surface area contributed by atoms with Gasteiger partial charge in [0.1, 0.15) is 0 Å². The van der Waals surface area contributed by atoms with Crippen molar-refractivity contribution in [1.29, 1.82) is 0 Å². The predicted molar refractivity (Wildman–Crippen MR) is 90.6 cm³/mol. The maximum absolute atomic E-state index is 4.53. The van der Waals surface area contributed by atoms with E-state index in [1.807, 2.05) is 11.7 Å². The summed E-state index contributed by atoms with van der Waals surface area (Å²) in [6, 6.07) is 0.926. The Labute approximate surface area is 130 Å². The Morgan fingerprint density at radius 1 is 1.19 bits per heavy atom. The van der Waals surface area contributed by atoms with Gasteiger partial charge in [0.05, 0.1) is 5.69 Å². The van der Waals surface area contributed by atoms with Crippen molar-refractivity contribution < 1.29 is 0 Å². The summed E-state index contributed by atoms with van der Waals surface area (Å²) in [5.74, 6) is 0.746. The molecule has 0 amide bonds. The highest BCUT2D eigenvalue weighted by Gasteiger charge is 2.22. The van der Waals surface area contributed by atoms with E-state index in [1.54, 1.807) is 0 Å². The molecule has 0 aliphatic rings. The molecule has 4 heteroatoms. The highest BCUT2D eigenvalue weighted by atomic mass is 15.3. The van der Waals surface area contributed by atoms with Crippen molar-refractivity contribution >= 4 is 0 Å². The van der Waals surface area contributed by atoms with Crippen LogP contribution in [0.1, 0.15) is 56.6 Å². The number of hydrogen-bond acceptors (Lipinski definition) is 3. The van der Waals surface area contributed by atoms with Crippen LogP contribution in [0.4, 0.5) is 0 Å². The zero-order valence-electron chi connectivity index (χ0n) is 15.2. The summed E-state index contributed by atoms with van der Waals surface area (Å²) in [6.07, 6.45) is 2.47. The average Bonchev–Trinajstić information content (AvgIpc) is 2.67. The predicted octanol–water partition coefficient (Wildman–Crippen LogP) is 3.05. The number of aromatic nitrogens is 2. The van der Waals surface area contributed by atoms with E-state index in [4.69, 9.17) is 0 Å². The molecule has 0 radical (unpaired) electrons. The molecular formula is C17H34N4. The molecular weight excluding hydrogens is 260 g/mol. The van der Waals surface area contributed by atoms with Crippen molar-refractivity contribution in [2.24, 2.45) is 13.0 Å². The van der Waals surface area contributed by atoms with E-state index in [9.17, 15) is 0 Å². The molecule has 1 rings (SSSR count).